The van der Waals surface area contributed by atoms with E-state index in [9.17, 15) is 9.90 Å². The minimum absolute atomic E-state index is 0.196. The first-order valence-corrected chi connectivity index (χ1v) is 7.25. The van der Waals surface area contributed by atoms with Gasteiger partial charge < -0.3 is 15.0 Å². The molecule has 1 aromatic heterocycles. The normalized spacial score (nSPS) is 16.8. The molecule has 1 aromatic carbocycles. The number of aromatic amines is 1. The van der Waals surface area contributed by atoms with E-state index in [0.717, 1.165) is 11.9 Å². The number of para-hydroxylation sites is 1. The van der Waals surface area contributed by atoms with Gasteiger partial charge in [0.25, 0.3) is 0 Å². The fourth-order valence-corrected chi connectivity index (χ4v) is 2.85. The Hall–Kier alpha value is -1.81. The van der Waals surface area contributed by atoms with E-state index in [1.54, 1.807) is 0 Å². The first kappa shape index (κ1) is 13.2. The average Bonchev–Trinajstić information content (AvgIpc) is 2.89. The van der Waals surface area contributed by atoms with Crippen LogP contribution in [0.4, 0.5) is 0 Å². The summed E-state index contributed by atoms with van der Waals surface area (Å²) in [4.78, 5) is 17.3. The molecule has 4 heteroatoms. The predicted octanol–water partition coefficient (Wildman–Crippen LogP) is 2.08. The molecular weight excluding hydrogens is 252 g/mol. The average molecular weight is 272 g/mol. The third-order valence-electron chi connectivity index (χ3n) is 4.10. The zero-order chi connectivity index (χ0) is 13.9. The van der Waals surface area contributed by atoms with E-state index in [4.69, 9.17) is 0 Å². The Labute approximate surface area is 118 Å². The summed E-state index contributed by atoms with van der Waals surface area (Å²) in [7, 11) is 0. The highest BCUT2D eigenvalue weighted by Crippen LogP contribution is 2.20. The molecule has 106 valence electrons. The van der Waals surface area contributed by atoms with Gasteiger partial charge in [-0.15, -0.1) is 0 Å². The topological polar surface area (TPSA) is 56.3 Å². The number of aliphatic hydroxyl groups is 1. The zero-order valence-corrected chi connectivity index (χ0v) is 11.5. The number of aryl methyl sites for hydroxylation is 1. The van der Waals surface area contributed by atoms with Crippen molar-refractivity contribution in [1.29, 1.82) is 0 Å². The number of nitrogens with one attached hydrogen (secondary N) is 1. The largest absolute Gasteiger partial charge is 0.393 e. The Morgan fingerprint density at radius 1 is 1.30 bits per heavy atom. The molecular formula is C16H20N2O2. The molecule has 2 heterocycles. The highest BCUT2D eigenvalue weighted by Gasteiger charge is 2.21. The fraction of sp³-hybridized carbons (Fsp3) is 0.438. The summed E-state index contributed by atoms with van der Waals surface area (Å²) < 4.78 is 0. The number of nitrogens with zero attached hydrogens (tertiary/aromatic N) is 1. The van der Waals surface area contributed by atoms with Gasteiger partial charge in [-0.3, -0.25) is 4.79 Å². The molecule has 4 nitrogen and oxygen atoms in total. The number of aliphatic hydroxyl groups excluding tert-OH is 1. The number of likely N-dealkylation sites (tertiary alicyclic amines) is 1. The third-order valence-corrected chi connectivity index (χ3v) is 4.10. The third kappa shape index (κ3) is 2.70. The van der Waals surface area contributed by atoms with Crippen molar-refractivity contribution in [3.8, 4) is 0 Å². The molecule has 3 rings (SSSR count). The number of amides is 1. The van der Waals surface area contributed by atoms with Crippen LogP contribution in [0.3, 0.4) is 0 Å². The summed E-state index contributed by atoms with van der Waals surface area (Å²) in [5.41, 5.74) is 2.32. The van der Waals surface area contributed by atoms with Gasteiger partial charge in [0, 0.05) is 36.6 Å². The van der Waals surface area contributed by atoms with Crippen LogP contribution < -0.4 is 0 Å². The second kappa shape index (κ2) is 5.67. The number of rotatable bonds is 3. The van der Waals surface area contributed by atoms with E-state index in [0.29, 0.717) is 32.4 Å². The molecule has 0 spiro atoms. The smallest absolute Gasteiger partial charge is 0.222 e. The Balaban J connectivity index is 1.60. The van der Waals surface area contributed by atoms with Crippen LogP contribution in [0.25, 0.3) is 10.9 Å². The molecule has 2 N–H and O–H groups in total. The van der Waals surface area contributed by atoms with Gasteiger partial charge in [0.15, 0.2) is 0 Å². The standard InChI is InChI=1S/C16H20N2O2/c19-13-7-9-18(10-8-13)16(20)6-5-12-11-17-15-4-2-1-3-14(12)15/h1-4,11,13,17,19H,5-10H2. The Morgan fingerprint density at radius 2 is 2.05 bits per heavy atom. The molecule has 1 saturated heterocycles. The summed E-state index contributed by atoms with van der Waals surface area (Å²) in [6.45, 7) is 1.38. The summed E-state index contributed by atoms with van der Waals surface area (Å²) in [6, 6.07) is 8.16. The molecule has 0 radical (unpaired) electrons. The van der Waals surface area contributed by atoms with Crippen molar-refractivity contribution in [3.05, 3.63) is 36.0 Å². The summed E-state index contributed by atoms with van der Waals surface area (Å²) >= 11 is 0. The molecule has 0 saturated carbocycles. The summed E-state index contributed by atoms with van der Waals surface area (Å²) in [5.74, 6) is 0.196. The molecule has 0 unspecified atom stereocenters. The monoisotopic (exact) mass is 272 g/mol. The highest BCUT2D eigenvalue weighted by atomic mass is 16.3. The molecule has 0 aliphatic carbocycles. The van der Waals surface area contributed by atoms with Crippen LogP contribution >= 0.6 is 0 Å². The second-order valence-electron chi connectivity index (χ2n) is 5.47. The fourth-order valence-electron chi connectivity index (χ4n) is 2.85. The van der Waals surface area contributed by atoms with Crippen molar-refractivity contribution in [2.24, 2.45) is 0 Å². The first-order valence-electron chi connectivity index (χ1n) is 7.25. The summed E-state index contributed by atoms with van der Waals surface area (Å²) in [6.07, 6.45) is 4.49. The van der Waals surface area contributed by atoms with Crippen molar-refractivity contribution in [1.82, 2.24) is 9.88 Å². The quantitative estimate of drug-likeness (QED) is 0.899. The molecule has 1 fully saturated rings. The van der Waals surface area contributed by atoms with Crippen molar-refractivity contribution in [3.63, 3.8) is 0 Å². The van der Waals surface area contributed by atoms with E-state index in [1.807, 2.05) is 29.3 Å². The van der Waals surface area contributed by atoms with Gasteiger partial charge >= 0.3 is 0 Å². The van der Waals surface area contributed by atoms with Gasteiger partial charge in [-0.05, 0) is 30.9 Å². The minimum Gasteiger partial charge on any atom is -0.393 e. The lowest BCUT2D eigenvalue weighted by atomic mass is 10.1. The molecule has 2 aromatic rings. The SMILES string of the molecule is O=C(CCc1c[nH]c2ccccc12)N1CCC(O)CC1. The Morgan fingerprint density at radius 3 is 2.85 bits per heavy atom. The zero-order valence-electron chi connectivity index (χ0n) is 11.5. The molecule has 0 atom stereocenters. The minimum atomic E-state index is -0.229. The molecule has 1 aliphatic heterocycles. The molecule has 1 aliphatic rings. The van der Waals surface area contributed by atoms with Gasteiger partial charge in [-0.25, -0.2) is 0 Å². The Bertz CT molecular complexity index is 597. The van der Waals surface area contributed by atoms with Crippen molar-refractivity contribution < 1.29 is 9.90 Å². The number of fused-ring (bicyclic) bond motifs is 1. The van der Waals surface area contributed by atoms with Gasteiger partial charge in [0.1, 0.15) is 0 Å². The van der Waals surface area contributed by atoms with Gasteiger partial charge in [0.2, 0.25) is 5.91 Å². The lowest BCUT2D eigenvalue weighted by molar-refractivity contribution is -0.133. The maximum absolute atomic E-state index is 12.2. The van der Waals surface area contributed by atoms with Gasteiger partial charge in [-0.2, -0.15) is 0 Å². The van der Waals surface area contributed by atoms with Crippen LogP contribution in [0.1, 0.15) is 24.8 Å². The van der Waals surface area contributed by atoms with Crippen LogP contribution in [0.2, 0.25) is 0 Å². The number of piperidine rings is 1. The molecule has 20 heavy (non-hydrogen) atoms. The molecule has 1 amide bonds. The number of aromatic nitrogens is 1. The van der Waals surface area contributed by atoms with E-state index >= 15 is 0 Å². The lowest BCUT2D eigenvalue weighted by Crippen LogP contribution is -2.40. The second-order valence-corrected chi connectivity index (χ2v) is 5.47. The maximum Gasteiger partial charge on any atom is 0.222 e. The van der Waals surface area contributed by atoms with Gasteiger partial charge in [-0.1, -0.05) is 18.2 Å². The number of hydrogen-bond acceptors (Lipinski definition) is 2. The molecule has 0 bridgehead atoms. The van der Waals surface area contributed by atoms with Gasteiger partial charge in [0.05, 0.1) is 6.10 Å². The highest BCUT2D eigenvalue weighted by molar-refractivity contribution is 5.84. The van der Waals surface area contributed by atoms with Crippen LogP contribution in [0.5, 0.6) is 0 Å². The number of benzene rings is 1. The van der Waals surface area contributed by atoms with Crippen LogP contribution in [0, 0.1) is 0 Å². The number of hydrogen-bond donors (Lipinski definition) is 2. The van der Waals surface area contributed by atoms with Crippen molar-refractivity contribution in [2.75, 3.05) is 13.1 Å². The van der Waals surface area contributed by atoms with E-state index in [2.05, 4.69) is 11.1 Å². The van der Waals surface area contributed by atoms with Crippen LogP contribution in [-0.4, -0.2) is 40.1 Å². The van der Waals surface area contributed by atoms with Crippen LogP contribution in [0.15, 0.2) is 30.5 Å². The first-order chi connectivity index (χ1) is 9.74. The van der Waals surface area contributed by atoms with E-state index in [-0.39, 0.29) is 12.0 Å². The lowest BCUT2D eigenvalue weighted by Gasteiger charge is -2.29. The van der Waals surface area contributed by atoms with Crippen molar-refractivity contribution in [2.45, 2.75) is 31.8 Å². The van der Waals surface area contributed by atoms with E-state index < -0.39 is 0 Å². The van der Waals surface area contributed by atoms with Crippen molar-refractivity contribution >= 4 is 16.8 Å². The maximum atomic E-state index is 12.2. The number of H-pyrrole nitrogens is 1. The predicted molar refractivity (Wildman–Crippen MR) is 78.4 cm³/mol. The Kier molecular flexibility index (Phi) is 3.74. The number of carbonyl (C=O) groups is 1. The summed E-state index contributed by atoms with van der Waals surface area (Å²) in [5, 5.41) is 10.7. The number of carbonyl (C=O) groups excluding carboxylic acids is 1. The van der Waals surface area contributed by atoms with Crippen LogP contribution in [-0.2, 0) is 11.2 Å². The van der Waals surface area contributed by atoms with E-state index in [1.165, 1.54) is 10.9 Å².